The molecule has 1 saturated heterocycles. The molecule has 1 amide bonds. The Morgan fingerprint density at radius 1 is 1.25 bits per heavy atom. The number of hydrogen-bond acceptors (Lipinski definition) is 4. The number of hydrogen-bond donors (Lipinski definition) is 0. The molecule has 3 aromatic rings. The summed E-state index contributed by atoms with van der Waals surface area (Å²) in [6, 6.07) is 15.1. The highest BCUT2D eigenvalue weighted by atomic mass is 35.5. The van der Waals surface area contributed by atoms with Crippen LogP contribution >= 0.6 is 11.6 Å². The topological polar surface area (TPSA) is 59.2 Å². The summed E-state index contributed by atoms with van der Waals surface area (Å²) < 4.78 is 5.49. The van der Waals surface area contributed by atoms with Crippen LogP contribution in [0.4, 0.5) is 0 Å². The van der Waals surface area contributed by atoms with Crippen molar-refractivity contribution in [3.63, 3.8) is 0 Å². The van der Waals surface area contributed by atoms with Crippen molar-refractivity contribution in [2.45, 2.75) is 26.2 Å². The largest absolute Gasteiger partial charge is 0.339 e. The van der Waals surface area contributed by atoms with E-state index in [4.69, 9.17) is 16.1 Å². The number of aryl methyl sites for hydroxylation is 1. The minimum absolute atomic E-state index is 0.0262. The highest BCUT2D eigenvalue weighted by Gasteiger charge is 2.26. The molecule has 0 radical (unpaired) electrons. The van der Waals surface area contributed by atoms with Crippen LogP contribution in [0.1, 0.15) is 34.7 Å². The minimum atomic E-state index is 0.0262. The zero-order valence-corrected chi connectivity index (χ0v) is 16.5. The van der Waals surface area contributed by atoms with Crippen molar-refractivity contribution < 1.29 is 9.32 Å². The Morgan fingerprint density at radius 2 is 2.11 bits per heavy atom. The van der Waals surface area contributed by atoms with Gasteiger partial charge in [-0.3, -0.25) is 4.79 Å². The van der Waals surface area contributed by atoms with Crippen LogP contribution in [0, 0.1) is 12.8 Å². The van der Waals surface area contributed by atoms with Gasteiger partial charge in [0.1, 0.15) is 0 Å². The number of aromatic nitrogens is 2. The van der Waals surface area contributed by atoms with E-state index in [-0.39, 0.29) is 5.91 Å². The molecular formula is C22H22ClN3O2. The number of carbonyl (C=O) groups excluding carboxylic acids is 1. The lowest BCUT2D eigenvalue weighted by molar-refractivity contribution is 0.0668. The van der Waals surface area contributed by atoms with Gasteiger partial charge in [0, 0.05) is 35.7 Å². The van der Waals surface area contributed by atoms with Gasteiger partial charge in [-0.15, -0.1) is 0 Å². The van der Waals surface area contributed by atoms with E-state index in [0.717, 1.165) is 30.5 Å². The summed E-state index contributed by atoms with van der Waals surface area (Å²) in [5.41, 5.74) is 2.73. The molecule has 1 aliphatic rings. The van der Waals surface area contributed by atoms with E-state index < -0.39 is 0 Å². The summed E-state index contributed by atoms with van der Waals surface area (Å²) in [6.45, 7) is 3.49. The average molecular weight is 396 g/mol. The van der Waals surface area contributed by atoms with Crippen molar-refractivity contribution in [3.8, 4) is 11.4 Å². The van der Waals surface area contributed by atoms with Gasteiger partial charge in [-0.05, 0) is 49.4 Å². The molecule has 0 bridgehead atoms. The molecule has 0 N–H and O–H groups in total. The highest BCUT2D eigenvalue weighted by molar-refractivity contribution is 6.30. The molecular weight excluding hydrogens is 374 g/mol. The van der Waals surface area contributed by atoms with E-state index in [1.165, 1.54) is 0 Å². The summed E-state index contributed by atoms with van der Waals surface area (Å²) in [5.74, 6) is 1.58. The first-order valence-electron chi connectivity index (χ1n) is 9.53. The molecule has 0 aliphatic carbocycles. The number of benzene rings is 2. The molecule has 2 heterocycles. The van der Waals surface area contributed by atoms with Gasteiger partial charge in [-0.2, -0.15) is 4.98 Å². The zero-order valence-electron chi connectivity index (χ0n) is 15.8. The lowest BCUT2D eigenvalue weighted by atomic mass is 9.94. The van der Waals surface area contributed by atoms with Gasteiger partial charge >= 0.3 is 0 Å². The van der Waals surface area contributed by atoms with Gasteiger partial charge in [0.05, 0.1) is 0 Å². The van der Waals surface area contributed by atoms with Crippen molar-refractivity contribution in [3.05, 3.63) is 70.6 Å². The fourth-order valence-corrected chi connectivity index (χ4v) is 3.93. The highest BCUT2D eigenvalue weighted by Crippen LogP contribution is 2.25. The Morgan fingerprint density at radius 3 is 2.93 bits per heavy atom. The third-order valence-electron chi connectivity index (χ3n) is 5.20. The minimum Gasteiger partial charge on any atom is -0.339 e. The van der Waals surface area contributed by atoms with Crippen LogP contribution < -0.4 is 0 Å². The summed E-state index contributed by atoms with van der Waals surface area (Å²) in [7, 11) is 0. The van der Waals surface area contributed by atoms with Crippen LogP contribution in [-0.2, 0) is 6.42 Å². The molecule has 6 heteroatoms. The zero-order chi connectivity index (χ0) is 19.5. The van der Waals surface area contributed by atoms with Crippen molar-refractivity contribution in [1.82, 2.24) is 15.0 Å². The van der Waals surface area contributed by atoms with Gasteiger partial charge in [-0.1, -0.05) is 47.1 Å². The van der Waals surface area contributed by atoms with Crippen molar-refractivity contribution in [2.75, 3.05) is 13.1 Å². The van der Waals surface area contributed by atoms with E-state index in [2.05, 4.69) is 10.1 Å². The molecule has 28 heavy (non-hydrogen) atoms. The number of rotatable bonds is 4. The van der Waals surface area contributed by atoms with Crippen LogP contribution in [0.3, 0.4) is 0 Å². The maximum atomic E-state index is 12.8. The van der Waals surface area contributed by atoms with E-state index >= 15 is 0 Å². The predicted molar refractivity (Wildman–Crippen MR) is 108 cm³/mol. The van der Waals surface area contributed by atoms with E-state index in [0.29, 0.717) is 41.2 Å². The van der Waals surface area contributed by atoms with Gasteiger partial charge in [0.25, 0.3) is 5.91 Å². The Bertz CT molecular complexity index is 985. The van der Waals surface area contributed by atoms with E-state index in [1.807, 2.05) is 48.2 Å². The molecule has 1 aromatic heterocycles. The number of halogens is 1. The number of nitrogens with zero attached hydrogens (tertiary/aromatic N) is 3. The molecule has 4 rings (SSSR count). The molecule has 144 valence electrons. The molecule has 1 fully saturated rings. The van der Waals surface area contributed by atoms with Gasteiger partial charge in [0.15, 0.2) is 0 Å². The fraction of sp³-hybridized carbons (Fsp3) is 0.318. The first-order valence-corrected chi connectivity index (χ1v) is 9.91. The van der Waals surface area contributed by atoms with Gasteiger partial charge in [-0.25, -0.2) is 0 Å². The Balaban J connectivity index is 1.43. The van der Waals surface area contributed by atoms with Crippen molar-refractivity contribution in [1.29, 1.82) is 0 Å². The van der Waals surface area contributed by atoms with Crippen LogP contribution in [0.2, 0.25) is 5.02 Å². The van der Waals surface area contributed by atoms with Crippen LogP contribution in [0.15, 0.2) is 53.1 Å². The van der Waals surface area contributed by atoms with Crippen LogP contribution in [0.25, 0.3) is 11.4 Å². The molecule has 0 spiro atoms. The standard InChI is InChI=1S/C22H22ClN3O2/c1-15-6-2-3-10-19(15)21-24-20(28-25-21)12-16-7-5-11-26(14-16)22(27)17-8-4-9-18(23)13-17/h2-4,6,8-10,13,16H,5,7,11-12,14H2,1H3/t16-/m1/s1. The second kappa shape index (κ2) is 8.15. The smallest absolute Gasteiger partial charge is 0.253 e. The predicted octanol–water partition coefficient (Wildman–Crippen LogP) is 4.79. The maximum Gasteiger partial charge on any atom is 0.253 e. The Kier molecular flexibility index (Phi) is 5.44. The third kappa shape index (κ3) is 4.09. The Hall–Kier alpha value is -2.66. The quantitative estimate of drug-likeness (QED) is 0.637. The lowest BCUT2D eigenvalue weighted by Gasteiger charge is -2.32. The third-order valence-corrected chi connectivity index (χ3v) is 5.43. The normalized spacial score (nSPS) is 16.9. The summed E-state index contributed by atoms with van der Waals surface area (Å²) in [4.78, 5) is 19.3. The summed E-state index contributed by atoms with van der Waals surface area (Å²) >= 11 is 6.03. The van der Waals surface area contributed by atoms with Crippen molar-refractivity contribution in [2.24, 2.45) is 5.92 Å². The molecule has 1 atom stereocenters. The average Bonchev–Trinajstić information content (AvgIpc) is 3.16. The number of likely N-dealkylation sites (tertiary alicyclic amines) is 1. The second-order valence-corrected chi connectivity index (χ2v) is 7.74. The van der Waals surface area contributed by atoms with Crippen molar-refractivity contribution >= 4 is 17.5 Å². The van der Waals surface area contributed by atoms with Crippen LogP contribution in [0.5, 0.6) is 0 Å². The molecule has 1 aliphatic heterocycles. The summed E-state index contributed by atoms with van der Waals surface area (Å²) in [5, 5.41) is 4.72. The number of carbonyl (C=O) groups is 1. The first kappa shape index (κ1) is 18.7. The van der Waals surface area contributed by atoms with Crippen LogP contribution in [-0.4, -0.2) is 34.0 Å². The monoisotopic (exact) mass is 395 g/mol. The van der Waals surface area contributed by atoms with Gasteiger partial charge < -0.3 is 9.42 Å². The summed E-state index contributed by atoms with van der Waals surface area (Å²) in [6.07, 6.45) is 2.69. The Labute approximate surface area is 169 Å². The molecule has 0 unspecified atom stereocenters. The SMILES string of the molecule is Cc1ccccc1-c1noc(C[C@H]2CCCN(C(=O)c3cccc(Cl)c3)C2)n1. The van der Waals surface area contributed by atoms with Gasteiger partial charge in [0.2, 0.25) is 11.7 Å². The maximum absolute atomic E-state index is 12.8. The number of piperidine rings is 1. The first-order chi connectivity index (χ1) is 13.6. The molecule has 2 aromatic carbocycles. The second-order valence-electron chi connectivity index (χ2n) is 7.30. The molecule has 5 nitrogen and oxygen atoms in total. The lowest BCUT2D eigenvalue weighted by Crippen LogP contribution is -2.40. The fourth-order valence-electron chi connectivity index (χ4n) is 3.74. The van der Waals surface area contributed by atoms with E-state index in [1.54, 1.807) is 12.1 Å². The molecule has 0 saturated carbocycles. The number of amides is 1. The van der Waals surface area contributed by atoms with E-state index in [9.17, 15) is 4.79 Å².